The molecule has 0 saturated heterocycles. The average molecular weight is 214 g/mol. The van der Waals surface area contributed by atoms with E-state index in [0.717, 1.165) is 5.36 Å². The molecule has 15 heavy (non-hydrogen) atoms. The number of anilines is 1. The van der Waals surface area contributed by atoms with Crippen LogP contribution >= 0.6 is 11.3 Å². The van der Waals surface area contributed by atoms with Crippen LogP contribution < -0.4 is 14.8 Å². The Morgan fingerprint density at radius 3 is 2.87 bits per heavy atom. The summed E-state index contributed by atoms with van der Waals surface area (Å²) < 4.78 is 1.24. The van der Waals surface area contributed by atoms with Crippen LogP contribution in [0.3, 0.4) is 0 Å². The summed E-state index contributed by atoms with van der Waals surface area (Å²) in [6.45, 7) is 0.716. The summed E-state index contributed by atoms with van der Waals surface area (Å²) in [4.78, 5) is 6.68. The largest absolute Gasteiger partial charge is 0.326 e. The third kappa shape index (κ3) is 1.55. The number of fused-ring (bicyclic) bond motifs is 1. The molecule has 1 aliphatic rings. The third-order valence-corrected chi connectivity index (χ3v) is 3.27. The highest BCUT2D eigenvalue weighted by Crippen LogP contribution is 2.14. The smallest absolute Gasteiger partial charge is 0.115 e. The van der Waals surface area contributed by atoms with Crippen LogP contribution in [-0.4, -0.2) is 6.67 Å². The minimum atomic E-state index is 0.716. The van der Waals surface area contributed by atoms with Gasteiger partial charge in [0.2, 0.25) is 0 Å². The zero-order valence-electron chi connectivity index (χ0n) is 8.13. The maximum atomic E-state index is 4.52. The van der Waals surface area contributed by atoms with Crippen LogP contribution in [0.25, 0.3) is 6.20 Å². The highest BCUT2D eigenvalue weighted by Gasteiger charge is 2.05. The molecule has 0 N–H and O–H groups in total. The molecule has 0 fully saturated rings. The Morgan fingerprint density at radius 1 is 1.13 bits per heavy atom. The van der Waals surface area contributed by atoms with E-state index >= 15 is 0 Å². The van der Waals surface area contributed by atoms with Crippen molar-refractivity contribution in [3.05, 3.63) is 51.7 Å². The van der Waals surface area contributed by atoms with Gasteiger partial charge in [-0.2, -0.15) is 0 Å². The molecule has 0 unspecified atom stereocenters. The van der Waals surface area contributed by atoms with E-state index in [0.29, 0.717) is 6.67 Å². The van der Waals surface area contributed by atoms with Crippen molar-refractivity contribution in [3.8, 4) is 0 Å². The number of benzene rings is 1. The summed E-state index contributed by atoms with van der Waals surface area (Å²) in [5.41, 5.74) is 1.19. The van der Waals surface area contributed by atoms with Crippen molar-refractivity contribution in [1.29, 1.82) is 0 Å². The number of rotatable bonds is 1. The lowest BCUT2D eigenvalue weighted by atomic mass is 10.3. The van der Waals surface area contributed by atoms with Crippen molar-refractivity contribution in [2.24, 2.45) is 4.99 Å². The molecule has 1 aromatic carbocycles. The van der Waals surface area contributed by atoms with Crippen LogP contribution in [0.15, 0.2) is 46.8 Å². The summed E-state index contributed by atoms with van der Waals surface area (Å²) in [6.07, 6.45) is 2.17. The standard InChI is InChI=1S/C12H10N2S/c1-2-4-10(5-3-1)14-8-12-11(13-9-14)6-7-15-12/h1-8H,9H2. The van der Waals surface area contributed by atoms with Crippen molar-refractivity contribution in [2.45, 2.75) is 0 Å². The monoisotopic (exact) mass is 214 g/mol. The third-order valence-electron chi connectivity index (χ3n) is 2.43. The van der Waals surface area contributed by atoms with E-state index in [2.05, 4.69) is 39.7 Å². The van der Waals surface area contributed by atoms with Gasteiger partial charge in [0.1, 0.15) is 6.67 Å². The second kappa shape index (κ2) is 3.51. The van der Waals surface area contributed by atoms with Crippen molar-refractivity contribution in [1.82, 2.24) is 0 Å². The minimum Gasteiger partial charge on any atom is -0.326 e. The molecule has 0 atom stereocenters. The van der Waals surface area contributed by atoms with E-state index in [1.807, 2.05) is 18.2 Å². The quantitative estimate of drug-likeness (QED) is 0.704. The summed E-state index contributed by atoms with van der Waals surface area (Å²) in [6, 6.07) is 12.4. The van der Waals surface area contributed by atoms with Gasteiger partial charge in [-0.15, -0.1) is 11.3 Å². The Kier molecular flexibility index (Phi) is 2.03. The highest BCUT2D eigenvalue weighted by atomic mass is 32.1. The first-order valence-corrected chi connectivity index (χ1v) is 5.73. The molecule has 0 saturated carbocycles. The number of hydrogen-bond acceptors (Lipinski definition) is 3. The molecule has 0 spiro atoms. The fourth-order valence-electron chi connectivity index (χ4n) is 1.65. The molecule has 0 aliphatic carbocycles. The van der Waals surface area contributed by atoms with Crippen molar-refractivity contribution in [3.63, 3.8) is 0 Å². The molecule has 2 nitrogen and oxygen atoms in total. The number of thiophene rings is 1. The summed E-state index contributed by atoms with van der Waals surface area (Å²) >= 11 is 1.73. The first-order valence-electron chi connectivity index (χ1n) is 4.85. The predicted octanol–water partition coefficient (Wildman–Crippen LogP) is 1.58. The molecule has 0 bridgehead atoms. The van der Waals surface area contributed by atoms with E-state index in [1.165, 1.54) is 10.2 Å². The molecule has 2 aromatic rings. The molecular weight excluding hydrogens is 204 g/mol. The second-order valence-electron chi connectivity index (χ2n) is 3.40. The summed E-state index contributed by atoms with van der Waals surface area (Å²) in [7, 11) is 0. The Hall–Kier alpha value is -1.61. The minimum absolute atomic E-state index is 0.716. The fourth-order valence-corrected chi connectivity index (χ4v) is 2.44. The van der Waals surface area contributed by atoms with E-state index in [4.69, 9.17) is 0 Å². The van der Waals surface area contributed by atoms with Gasteiger partial charge < -0.3 is 4.90 Å². The predicted molar refractivity (Wildman–Crippen MR) is 63.4 cm³/mol. The van der Waals surface area contributed by atoms with Crippen molar-refractivity contribution < 1.29 is 0 Å². The van der Waals surface area contributed by atoms with Crippen molar-refractivity contribution in [2.75, 3.05) is 11.6 Å². The van der Waals surface area contributed by atoms with E-state index in [9.17, 15) is 0 Å². The number of hydrogen-bond donors (Lipinski definition) is 0. The maximum absolute atomic E-state index is 4.52. The Morgan fingerprint density at radius 2 is 2.00 bits per heavy atom. The lowest BCUT2D eigenvalue weighted by Crippen LogP contribution is -2.32. The molecule has 3 rings (SSSR count). The zero-order valence-corrected chi connectivity index (χ0v) is 8.95. The van der Waals surface area contributed by atoms with E-state index in [1.54, 1.807) is 11.3 Å². The van der Waals surface area contributed by atoms with Gasteiger partial charge in [0.05, 0.1) is 9.89 Å². The van der Waals surface area contributed by atoms with Gasteiger partial charge in [-0.3, -0.25) is 4.99 Å². The SMILES string of the molecule is C1=c2sccc2=NCN1c1ccccc1. The molecule has 2 heterocycles. The molecule has 1 aromatic heterocycles. The van der Waals surface area contributed by atoms with Gasteiger partial charge in [-0.1, -0.05) is 18.2 Å². The molecule has 3 heteroatoms. The second-order valence-corrected chi connectivity index (χ2v) is 4.35. The molecule has 0 amide bonds. The Balaban J connectivity index is 2.06. The van der Waals surface area contributed by atoms with Crippen LogP contribution in [0.2, 0.25) is 0 Å². The molecule has 0 radical (unpaired) electrons. The first kappa shape index (κ1) is 8.68. The normalized spacial score (nSPS) is 14.0. The highest BCUT2D eigenvalue weighted by molar-refractivity contribution is 7.07. The maximum Gasteiger partial charge on any atom is 0.115 e. The fraction of sp³-hybridized carbons (Fsp3) is 0.0833. The van der Waals surface area contributed by atoms with Gasteiger partial charge in [0, 0.05) is 11.9 Å². The van der Waals surface area contributed by atoms with Crippen molar-refractivity contribution >= 4 is 23.2 Å². The summed E-state index contributed by atoms with van der Waals surface area (Å²) in [5, 5.41) is 3.20. The van der Waals surface area contributed by atoms with Crippen LogP contribution in [-0.2, 0) is 0 Å². The lowest BCUT2D eigenvalue weighted by molar-refractivity contribution is 0.948. The van der Waals surface area contributed by atoms with Crippen LogP contribution in [0, 0.1) is 0 Å². The zero-order chi connectivity index (χ0) is 10.1. The first-order chi connectivity index (χ1) is 7.43. The molecule has 1 aliphatic heterocycles. The number of para-hydroxylation sites is 1. The van der Waals surface area contributed by atoms with E-state index < -0.39 is 0 Å². The van der Waals surface area contributed by atoms with Gasteiger partial charge in [0.15, 0.2) is 0 Å². The van der Waals surface area contributed by atoms with Gasteiger partial charge in [0.25, 0.3) is 0 Å². The van der Waals surface area contributed by atoms with Gasteiger partial charge in [-0.05, 0) is 23.6 Å². The van der Waals surface area contributed by atoms with E-state index in [-0.39, 0.29) is 0 Å². The topological polar surface area (TPSA) is 15.6 Å². The average Bonchev–Trinajstić information content (AvgIpc) is 2.77. The van der Waals surface area contributed by atoms with Crippen LogP contribution in [0.4, 0.5) is 5.69 Å². The molecular formula is C12H10N2S. The Bertz CT molecular complexity index is 571. The van der Waals surface area contributed by atoms with Gasteiger partial charge in [-0.25, -0.2) is 0 Å². The lowest BCUT2D eigenvalue weighted by Gasteiger charge is -2.19. The Labute approximate surface area is 91.8 Å². The molecule has 74 valence electrons. The van der Waals surface area contributed by atoms with Crippen LogP contribution in [0.5, 0.6) is 0 Å². The van der Waals surface area contributed by atoms with Crippen LogP contribution in [0.1, 0.15) is 0 Å². The van der Waals surface area contributed by atoms with Gasteiger partial charge >= 0.3 is 0 Å². The number of nitrogens with zero attached hydrogens (tertiary/aromatic N) is 2. The summed E-state index contributed by atoms with van der Waals surface area (Å²) in [5.74, 6) is 0.